The van der Waals surface area contributed by atoms with Crippen LogP contribution in [0.15, 0.2) is 49.1 Å². The van der Waals surface area contributed by atoms with Crippen molar-refractivity contribution in [2.75, 3.05) is 6.61 Å². The molecule has 0 aliphatic carbocycles. The van der Waals surface area contributed by atoms with Gasteiger partial charge in [-0.1, -0.05) is 24.8 Å². The molecule has 0 aliphatic rings. The second kappa shape index (κ2) is 7.82. The molecular weight excluding hydrogens is 336 g/mol. The van der Waals surface area contributed by atoms with Gasteiger partial charge in [0.15, 0.2) is 12.4 Å². The van der Waals surface area contributed by atoms with Gasteiger partial charge in [0.2, 0.25) is 0 Å². The number of hydrogen-bond donors (Lipinski definition) is 0. The maximum Gasteiger partial charge on any atom is 0.514 e. The molecule has 6 heteroatoms. The molecule has 0 unspecified atom stereocenters. The Morgan fingerprint density at radius 1 is 1.04 bits per heavy atom. The quantitative estimate of drug-likeness (QED) is 0.348. The van der Waals surface area contributed by atoms with Crippen LogP contribution < -0.4 is 4.74 Å². The number of fused-ring (bicyclic) bond motifs is 1. The van der Waals surface area contributed by atoms with E-state index in [2.05, 4.69) is 6.58 Å². The molecule has 0 spiro atoms. The fourth-order valence-corrected chi connectivity index (χ4v) is 2.11. The lowest BCUT2D eigenvalue weighted by molar-refractivity contribution is -0.136. The molecule has 0 heterocycles. The van der Waals surface area contributed by atoms with Crippen LogP contribution in [0.4, 0.5) is 4.79 Å². The molecule has 2 aromatic rings. The largest absolute Gasteiger partial charge is 0.514 e. The van der Waals surface area contributed by atoms with Gasteiger partial charge in [0.25, 0.3) is 0 Å². The highest BCUT2D eigenvalue weighted by molar-refractivity contribution is 6.01. The highest BCUT2D eigenvalue weighted by Gasteiger charge is 2.18. The maximum atomic E-state index is 12.1. The van der Waals surface area contributed by atoms with E-state index in [1.165, 1.54) is 0 Å². The van der Waals surface area contributed by atoms with Crippen LogP contribution in [0.3, 0.4) is 0 Å². The fourth-order valence-electron chi connectivity index (χ4n) is 2.11. The summed E-state index contributed by atoms with van der Waals surface area (Å²) >= 11 is 0. The van der Waals surface area contributed by atoms with Gasteiger partial charge >= 0.3 is 12.1 Å². The Kier molecular flexibility index (Phi) is 5.77. The van der Waals surface area contributed by atoms with E-state index in [4.69, 9.17) is 14.2 Å². The lowest BCUT2D eigenvalue weighted by Gasteiger charge is -2.18. The Labute approximate surface area is 151 Å². The molecule has 0 amide bonds. The van der Waals surface area contributed by atoms with Crippen LogP contribution in [-0.2, 0) is 14.3 Å². The van der Waals surface area contributed by atoms with E-state index in [1.807, 2.05) is 0 Å². The number of hydrogen-bond acceptors (Lipinski definition) is 6. The van der Waals surface area contributed by atoms with Crippen molar-refractivity contribution in [3.63, 3.8) is 0 Å². The highest BCUT2D eigenvalue weighted by Crippen LogP contribution is 2.23. The summed E-state index contributed by atoms with van der Waals surface area (Å²) in [6.45, 7) is 8.17. The molecule has 0 aromatic heterocycles. The van der Waals surface area contributed by atoms with Crippen molar-refractivity contribution in [2.45, 2.75) is 26.4 Å². The Bertz CT molecular complexity index is 860. The minimum atomic E-state index is -0.785. The number of benzene rings is 2. The second-order valence-corrected chi connectivity index (χ2v) is 6.53. The van der Waals surface area contributed by atoms with Crippen LogP contribution in [-0.4, -0.2) is 30.1 Å². The first kappa shape index (κ1) is 19.2. The van der Waals surface area contributed by atoms with Gasteiger partial charge in [0, 0.05) is 11.6 Å². The van der Waals surface area contributed by atoms with Crippen LogP contribution in [0.1, 0.15) is 31.1 Å². The van der Waals surface area contributed by atoms with Crippen LogP contribution in [0.25, 0.3) is 10.8 Å². The van der Waals surface area contributed by atoms with Crippen molar-refractivity contribution in [3.8, 4) is 5.75 Å². The molecule has 0 fully saturated rings. The lowest BCUT2D eigenvalue weighted by atomic mass is 10.0. The minimum absolute atomic E-state index is 0.323. The van der Waals surface area contributed by atoms with Gasteiger partial charge in [-0.15, -0.1) is 0 Å². The van der Waals surface area contributed by atoms with Crippen LogP contribution >= 0.6 is 0 Å². The van der Waals surface area contributed by atoms with Crippen LogP contribution in [0, 0.1) is 0 Å². The molecule has 136 valence electrons. The average molecular weight is 356 g/mol. The van der Waals surface area contributed by atoms with E-state index in [-0.39, 0.29) is 12.4 Å². The predicted molar refractivity (Wildman–Crippen MR) is 96.3 cm³/mol. The molecule has 26 heavy (non-hydrogen) atoms. The van der Waals surface area contributed by atoms with Gasteiger partial charge in [-0.25, -0.2) is 9.59 Å². The maximum absolute atomic E-state index is 12.1. The molecule has 0 bridgehead atoms. The number of carbonyl (C=O) groups is 3. The van der Waals surface area contributed by atoms with Crippen molar-refractivity contribution in [3.05, 3.63) is 54.6 Å². The molecule has 0 saturated heterocycles. The number of ether oxygens (including phenoxy) is 3. The summed E-state index contributed by atoms with van der Waals surface area (Å²) in [7, 11) is 0. The SMILES string of the molecule is C=CC(=O)OCC(=O)c1ccc2cc(OC(=O)OC(C)(C)C)ccc2c1. The van der Waals surface area contributed by atoms with E-state index >= 15 is 0 Å². The van der Waals surface area contributed by atoms with E-state index in [1.54, 1.807) is 57.2 Å². The number of ketones is 1. The van der Waals surface area contributed by atoms with Gasteiger partial charge < -0.3 is 14.2 Å². The van der Waals surface area contributed by atoms with Crippen LogP contribution in [0.2, 0.25) is 0 Å². The molecule has 6 nitrogen and oxygen atoms in total. The normalized spacial score (nSPS) is 10.9. The van der Waals surface area contributed by atoms with Gasteiger partial charge in [-0.3, -0.25) is 4.79 Å². The van der Waals surface area contributed by atoms with Crippen LogP contribution in [0.5, 0.6) is 5.75 Å². The average Bonchev–Trinajstić information content (AvgIpc) is 2.57. The third kappa shape index (κ3) is 5.44. The first-order valence-corrected chi connectivity index (χ1v) is 7.95. The van der Waals surface area contributed by atoms with Gasteiger partial charge in [0.1, 0.15) is 11.4 Å². The minimum Gasteiger partial charge on any atom is -0.454 e. The summed E-state index contributed by atoms with van der Waals surface area (Å²) < 4.78 is 15.0. The topological polar surface area (TPSA) is 78.9 Å². The van der Waals surface area contributed by atoms with Gasteiger partial charge in [-0.2, -0.15) is 0 Å². The molecule has 2 aromatic carbocycles. The molecule has 0 aliphatic heterocycles. The molecule has 0 radical (unpaired) electrons. The second-order valence-electron chi connectivity index (χ2n) is 6.53. The summed E-state index contributed by atoms with van der Waals surface area (Å²) in [6.07, 6.45) is 0.215. The molecule has 0 saturated carbocycles. The molecular formula is C20H20O6. The van der Waals surface area contributed by atoms with Gasteiger partial charge in [-0.05, 0) is 49.7 Å². The zero-order valence-electron chi connectivity index (χ0n) is 14.9. The lowest BCUT2D eigenvalue weighted by Crippen LogP contribution is -2.25. The van der Waals surface area contributed by atoms with E-state index in [9.17, 15) is 14.4 Å². The predicted octanol–water partition coefficient (Wildman–Crippen LogP) is 4.07. The fraction of sp³-hybridized carbons (Fsp3) is 0.250. The first-order chi connectivity index (χ1) is 12.2. The third-order valence-electron chi connectivity index (χ3n) is 3.24. The Morgan fingerprint density at radius 3 is 2.35 bits per heavy atom. The monoisotopic (exact) mass is 356 g/mol. The number of esters is 1. The summed E-state index contributed by atoms with van der Waals surface area (Å²) in [4.78, 5) is 34.8. The first-order valence-electron chi connectivity index (χ1n) is 7.95. The molecule has 0 N–H and O–H groups in total. The Hall–Kier alpha value is -3.15. The van der Waals surface area contributed by atoms with Crippen molar-refractivity contribution in [1.29, 1.82) is 0 Å². The van der Waals surface area contributed by atoms with Crippen molar-refractivity contribution < 1.29 is 28.6 Å². The smallest absolute Gasteiger partial charge is 0.454 e. The zero-order chi connectivity index (χ0) is 19.3. The summed E-state index contributed by atoms with van der Waals surface area (Å²) in [5, 5.41) is 1.56. The summed E-state index contributed by atoms with van der Waals surface area (Å²) in [6, 6.07) is 10.0. The Balaban J connectivity index is 2.12. The van der Waals surface area contributed by atoms with Crippen molar-refractivity contribution >= 4 is 28.7 Å². The molecule has 2 rings (SSSR count). The van der Waals surface area contributed by atoms with E-state index in [0.29, 0.717) is 11.3 Å². The van der Waals surface area contributed by atoms with Crippen molar-refractivity contribution in [2.24, 2.45) is 0 Å². The van der Waals surface area contributed by atoms with E-state index in [0.717, 1.165) is 16.8 Å². The third-order valence-corrected chi connectivity index (χ3v) is 3.24. The summed E-state index contributed by atoms with van der Waals surface area (Å²) in [5.41, 5.74) is -0.228. The number of Topliss-reactive ketones (excluding diaryl/α,β-unsaturated/α-hetero) is 1. The Morgan fingerprint density at radius 2 is 1.69 bits per heavy atom. The zero-order valence-corrected chi connectivity index (χ0v) is 14.9. The van der Waals surface area contributed by atoms with E-state index < -0.39 is 17.7 Å². The number of rotatable bonds is 5. The van der Waals surface area contributed by atoms with Gasteiger partial charge in [0.05, 0.1) is 0 Å². The number of carbonyl (C=O) groups excluding carboxylic acids is 3. The summed E-state index contributed by atoms with van der Waals surface area (Å²) in [5.74, 6) is -0.634. The highest BCUT2D eigenvalue weighted by atomic mass is 16.7. The molecule has 0 atom stereocenters. The van der Waals surface area contributed by atoms with Crippen molar-refractivity contribution in [1.82, 2.24) is 0 Å². The standard InChI is InChI=1S/C20H20O6/c1-5-18(22)24-12-17(21)15-7-6-14-11-16(9-8-13(14)10-15)25-19(23)26-20(2,3)4/h5-11H,1,12H2,2-4H3.